The molecule has 1 fully saturated rings. The first kappa shape index (κ1) is 12.6. The van der Waals surface area contributed by atoms with Gasteiger partial charge in [-0.3, -0.25) is 9.48 Å². The summed E-state index contributed by atoms with van der Waals surface area (Å²) in [6, 6.07) is 3.69. The largest absolute Gasteiger partial charge is 0.344 e. The first-order valence-corrected chi connectivity index (χ1v) is 6.47. The number of nitrogens with zero attached hydrogens (tertiary/aromatic N) is 5. The molecule has 0 unspecified atom stereocenters. The summed E-state index contributed by atoms with van der Waals surface area (Å²) in [6.07, 6.45) is 3.50. The van der Waals surface area contributed by atoms with Crippen molar-refractivity contribution in [1.29, 1.82) is 0 Å². The molecule has 3 heterocycles. The standard InChI is InChI=1S/C13H16N6O/c1-9-3-5-14-13(15-9)19-7-10(8-19)16-12(20)11-4-6-18(2)17-11/h3-6,10H,7-8H2,1-2H3,(H,16,20). The number of hydrogen-bond acceptors (Lipinski definition) is 5. The number of carbonyl (C=O) groups is 1. The lowest BCUT2D eigenvalue weighted by Gasteiger charge is -2.39. The van der Waals surface area contributed by atoms with E-state index >= 15 is 0 Å². The summed E-state index contributed by atoms with van der Waals surface area (Å²) in [6.45, 7) is 3.38. The lowest BCUT2D eigenvalue weighted by atomic mass is 10.1. The molecule has 0 atom stereocenters. The minimum atomic E-state index is -0.139. The normalized spacial score (nSPS) is 15.0. The van der Waals surface area contributed by atoms with Crippen LogP contribution in [0.1, 0.15) is 16.2 Å². The predicted octanol–water partition coefficient (Wildman–Crippen LogP) is 0.137. The number of amides is 1. The molecule has 1 N–H and O–H groups in total. The topological polar surface area (TPSA) is 75.9 Å². The smallest absolute Gasteiger partial charge is 0.272 e. The Morgan fingerprint density at radius 2 is 2.20 bits per heavy atom. The average Bonchev–Trinajstić information content (AvgIpc) is 2.80. The van der Waals surface area contributed by atoms with Crippen molar-refractivity contribution in [3.05, 3.63) is 35.9 Å². The van der Waals surface area contributed by atoms with Gasteiger partial charge in [-0.1, -0.05) is 0 Å². The Morgan fingerprint density at radius 3 is 2.85 bits per heavy atom. The van der Waals surface area contributed by atoms with Crippen molar-refractivity contribution < 1.29 is 4.79 Å². The minimum absolute atomic E-state index is 0.119. The van der Waals surface area contributed by atoms with E-state index in [-0.39, 0.29) is 11.9 Å². The molecule has 1 aliphatic rings. The van der Waals surface area contributed by atoms with Crippen molar-refractivity contribution in [1.82, 2.24) is 25.1 Å². The van der Waals surface area contributed by atoms with Crippen LogP contribution in [0.5, 0.6) is 0 Å². The Morgan fingerprint density at radius 1 is 1.40 bits per heavy atom. The lowest BCUT2D eigenvalue weighted by Crippen LogP contribution is -2.60. The van der Waals surface area contributed by atoms with Crippen molar-refractivity contribution in [3.63, 3.8) is 0 Å². The number of nitrogens with one attached hydrogen (secondary N) is 1. The maximum atomic E-state index is 11.9. The summed E-state index contributed by atoms with van der Waals surface area (Å²) < 4.78 is 1.61. The first-order valence-electron chi connectivity index (χ1n) is 6.47. The molecule has 1 saturated heterocycles. The Kier molecular flexibility index (Phi) is 3.09. The molecule has 2 aromatic rings. The van der Waals surface area contributed by atoms with Crippen molar-refractivity contribution in [2.45, 2.75) is 13.0 Å². The second-order valence-electron chi connectivity index (χ2n) is 4.95. The highest BCUT2D eigenvalue weighted by atomic mass is 16.2. The quantitative estimate of drug-likeness (QED) is 0.860. The predicted molar refractivity (Wildman–Crippen MR) is 73.4 cm³/mol. The van der Waals surface area contributed by atoms with Gasteiger partial charge in [-0.05, 0) is 19.1 Å². The zero-order valence-electron chi connectivity index (χ0n) is 11.4. The molecular weight excluding hydrogens is 256 g/mol. The van der Waals surface area contributed by atoms with Gasteiger partial charge in [0.25, 0.3) is 5.91 Å². The second kappa shape index (κ2) is 4.92. The highest BCUT2D eigenvalue weighted by Crippen LogP contribution is 2.16. The number of rotatable bonds is 3. The number of hydrogen-bond donors (Lipinski definition) is 1. The second-order valence-corrected chi connectivity index (χ2v) is 4.95. The fraction of sp³-hybridized carbons (Fsp3) is 0.385. The van der Waals surface area contributed by atoms with Gasteiger partial charge in [-0.15, -0.1) is 0 Å². The Hall–Kier alpha value is -2.44. The molecule has 7 nitrogen and oxygen atoms in total. The van der Waals surface area contributed by atoms with Crippen LogP contribution in [0.25, 0.3) is 0 Å². The van der Waals surface area contributed by atoms with Gasteiger partial charge in [-0.25, -0.2) is 9.97 Å². The van der Waals surface area contributed by atoms with E-state index in [9.17, 15) is 4.79 Å². The van der Waals surface area contributed by atoms with Crippen molar-refractivity contribution in [2.24, 2.45) is 7.05 Å². The SMILES string of the molecule is Cc1ccnc(N2CC(NC(=O)c3ccn(C)n3)C2)n1. The van der Waals surface area contributed by atoms with E-state index in [1.807, 2.05) is 17.9 Å². The molecule has 0 radical (unpaired) electrons. The third-order valence-electron chi connectivity index (χ3n) is 3.23. The molecule has 0 aliphatic carbocycles. The van der Waals surface area contributed by atoms with Gasteiger partial charge in [0.15, 0.2) is 0 Å². The highest BCUT2D eigenvalue weighted by Gasteiger charge is 2.30. The summed E-state index contributed by atoms with van der Waals surface area (Å²) >= 11 is 0. The molecule has 2 aromatic heterocycles. The van der Waals surface area contributed by atoms with Crippen LogP contribution in [0, 0.1) is 6.92 Å². The maximum Gasteiger partial charge on any atom is 0.272 e. The third kappa shape index (κ3) is 2.47. The van der Waals surface area contributed by atoms with Crippen molar-refractivity contribution in [3.8, 4) is 0 Å². The van der Waals surface area contributed by atoms with E-state index in [2.05, 4.69) is 20.4 Å². The van der Waals surface area contributed by atoms with Crippen LogP contribution in [0.3, 0.4) is 0 Å². The summed E-state index contributed by atoms with van der Waals surface area (Å²) in [7, 11) is 1.79. The van der Waals surface area contributed by atoms with Crippen LogP contribution in [0.4, 0.5) is 5.95 Å². The molecule has 0 bridgehead atoms. The third-order valence-corrected chi connectivity index (χ3v) is 3.23. The van der Waals surface area contributed by atoms with Crippen molar-refractivity contribution >= 4 is 11.9 Å². The van der Waals surface area contributed by atoms with Crippen LogP contribution < -0.4 is 10.2 Å². The Bertz CT molecular complexity index is 631. The first-order chi connectivity index (χ1) is 9.61. The Balaban J connectivity index is 1.55. The van der Waals surface area contributed by atoms with Crippen LogP contribution in [-0.2, 0) is 7.05 Å². The zero-order valence-corrected chi connectivity index (χ0v) is 11.4. The van der Waals surface area contributed by atoms with Gasteiger partial charge in [0.05, 0.1) is 6.04 Å². The van der Waals surface area contributed by atoms with E-state index in [1.165, 1.54) is 0 Å². The summed E-state index contributed by atoms with van der Waals surface area (Å²) in [5.74, 6) is 0.578. The summed E-state index contributed by atoms with van der Waals surface area (Å²) in [5, 5.41) is 7.03. The van der Waals surface area contributed by atoms with Gasteiger partial charge in [0, 0.05) is 38.2 Å². The fourth-order valence-corrected chi connectivity index (χ4v) is 2.12. The zero-order chi connectivity index (χ0) is 14.1. The van der Waals surface area contributed by atoms with Crippen molar-refractivity contribution in [2.75, 3.05) is 18.0 Å². The molecule has 1 aliphatic heterocycles. The molecule has 0 saturated carbocycles. The van der Waals surface area contributed by atoms with Crippen LogP contribution in [0.2, 0.25) is 0 Å². The summed E-state index contributed by atoms with van der Waals surface area (Å²) in [4.78, 5) is 22.5. The van der Waals surface area contributed by atoms with Gasteiger partial charge >= 0.3 is 0 Å². The molecule has 0 aromatic carbocycles. The lowest BCUT2D eigenvalue weighted by molar-refractivity contribution is 0.0924. The van der Waals surface area contributed by atoms with Crippen LogP contribution in [0.15, 0.2) is 24.5 Å². The molecule has 7 heteroatoms. The maximum absolute atomic E-state index is 11.9. The van der Waals surface area contributed by atoms with Gasteiger partial charge in [0.2, 0.25) is 5.95 Å². The van der Waals surface area contributed by atoms with Gasteiger partial charge < -0.3 is 10.2 Å². The molecule has 20 heavy (non-hydrogen) atoms. The van der Waals surface area contributed by atoms with E-state index < -0.39 is 0 Å². The monoisotopic (exact) mass is 272 g/mol. The van der Waals surface area contributed by atoms with E-state index in [0.717, 1.165) is 18.8 Å². The Labute approximate surface area is 116 Å². The fourth-order valence-electron chi connectivity index (χ4n) is 2.12. The van der Waals surface area contributed by atoms with E-state index in [1.54, 1.807) is 30.2 Å². The highest BCUT2D eigenvalue weighted by molar-refractivity contribution is 5.92. The molecule has 0 spiro atoms. The minimum Gasteiger partial charge on any atom is -0.344 e. The molecule has 104 valence electrons. The molecule has 3 rings (SSSR count). The van der Waals surface area contributed by atoms with Crippen LogP contribution in [-0.4, -0.2) is 44.8 Å². The molecular formula is C13H16N6O. The van der Waals surface area contributed by atoms with Gasteiger partial charge in [-0.2, -0.15) is 5.10 Å². The summed E-state index contributed by atoms with van der Waals surface area (Å²) in [5.41, 5.74) is 1.38. The van der Waals surface area contributed by atoms with E-state index in [0.29, 0.717) is 11.6 Å². The number of aryl methyl sites for hydroxylation is 2. The van der Waals surface area contributed by atoms with E-state index in [4.69, 9.17) is 0 Å². The average molecular weight is 272 g/mol. The molecule has 1 amide bonds. The number of carbonyl (C=O) groups excluding carboxylic acids is 1. The number of aromatic nitrogens is 4. The van der Waals surface area contributed by atoms with Gasteiger partial charge in [0.1, 0.15) is 5.69 Å². The number of anilines is 1. The van der Waals surface area contributed by atoms with Crippen LogP contribution >= 0.6 is 0 Å².